The van der Waals surface area contributed by atoms with Gasteiger partial charge in [-0.2, -0.15) is 10.4 Å². The van der Waals surface area contributed by atoms with Gasteiger partial charge < -0.3 is 5.32 Å². The Labute approximate surface area is 111 Å². The van der Waals surface area contributed by atoms with Crippen molar-refractivity contribution in [1.82, 2.24) is 9.78 Å². The summed E-state index contributed by atoms with van der Waals surface area (Å²) in [5.41, 5.74) is 1.43. The molecule has 18 heavy (non-hydrogen) atoms. The van der Waals surface area contributed by atoms with Crippen LogP contribution in [0.3, 0.4) is 0 Å². The van der Waals surface area contributed by atoms with Gasteiger partial charge in [-0.3, -0.25) is 4.68 Å². The minimum Gasteiger partial charge on any atom is -0.385 e. The first-order valence-corrected chi connectivity index (χ1v) is 6.08. The minimum absolute atomic E-state index is 0.481. The van der Waals surface area contributed by atoms with Crippen LogP contribution in [0.25, 0.3) is 0 Å². The molecule has 0 aliphatic carbocycles. The first-order valence-electron chi connectivity index (χ1n) is 5.70. The van der Waals surface area contributed by atoms with Gasteiger partial charge in [0.05, 0.1) is 10.6 Å². The molecule has 0 amide bonds. The molecule has 0 aliphatic heterocycles. The monoisotopic (exact) mass is 260 g/mol. The van der Waals surface area contributed by atoms with Crippen LogP contribution < -0.4 is 5.32 Å². The summed E-state index contributed by atoms with van der Waals surface area (Å²) in [6.45, 7) is 1.71. The van der Waals surface area contributed by atoms with Crippen LogP contribution in [0.5, 0.6) is 0 Å². The number of nitrogens with one attached hydrogen (secondary N) is 1. The number of benzene rings is 1. The molecule has 0 atom stereocenters. The van der Waals surface area contributed by atoms with Crippen LogP contribution in [0.4, 0.5) is 5.69 Å². The molecule has 0 fully saturated rings. The highest BCUT2D eigenvalue weighted by atomic mass is 35.5. The molecule has 0 radical (unpaired) electrons. The summed E-state index contributed by atoms with van der Waals surface area (Å²) >= 11 is 5.95. The number of nitriles is 1. The zero-order valence-electron chi connectivity index (χ0n) is 9.81. The van der Waals surface area contributed by atoms with E-state index in [1.165, 1.54) is 0 Å². The Kier molecular flexibility index (Phi) is 4.21. The van der Waals surface area contributed by atoms with Crippen LogP contribution in [-0.4, -0.2) is 16.3 Å². The van der Waals surface area contributed by atoms with E-state index >= 15 is 0 Å². The van der Waals surface area contributed by atoms with Gasteiger partial charge in [0.1, 0.15) is 6.07 Å². The van der Waals surface area contributed by atoms with Gasteiger partial charge in [-0.05, 0) is 30.7 Å². The molecular weight excluding hydrogens is 248 g/mol. The number of hydrogen-bond donors (Lipinski definition) is 1. The maximum atomic E-state index is 8.76. The SMILES string of the molecule is N#Cc1ccc(NCCCn2cccn2)cc1Cl. The predicted molar refractivity (Wildman–Crippen MR) is 71.5 cm³/mol. The van der Waals surface area contributed by atoms with Gasteiger partial charge >= 0.3 is 0 Å². The fourth-order valence-electron chi connectivity index (χ4n) is 1.62. The van der Waals surface area contributed by atoms with Gasteiger partial charge in [-0.25, -0.2) is 0 Å². The lowest BCUT2D eigenvalue weighted by atomic mass is 10.2. The van der Waals surface area contributed by atoms with Gasteiger partial charge in [-0.1, -0.05) is 11.6 Å². The highest BCUT2D eigenvalue weighted by molar-refractivity contribution is 6.32. The fourth-order valence-corrected chi connectivity index (χ4v) is 1.85. The highest BCUT2D eigenvalue weighted by Gasteiger charge is 2.00. The molecule has 0 aliphatic rings. The summed E-state index contributed by atoms with van der Waals surface area (Å²) in [7, 11) is 0. The van der Waals surface area contributed by atoms with Crippen LogP contribution in [0.2, 0.25) is 5.02 Å². The Hall–Kier alpha value is -1.99. The first kappa shape index (κ1) is 12.5. The van der Waals surface area contributed by atoms with Gasteiger partial charge in [0.2, 0.25) is 0 Å². The van der Waals surface area contributed by atoms with E-state index in [0.717, 1.165) is 25.2 Å². The summed E-state index contributed by atoms with van der Waals surface area (Å²) < 4.78 is 1.90. The van der Waals surface area contributed by atoms with Crippen LogP contribution in [-0.2, 0) is 6.54 Å². The third kappa shape index (κ3) is 3.25. The summed E-state index contributed by atoms with van der Waals surface area (Å²) in [6, 6.07) is 9.30. The van der Waals surface area contributed by atoms with Crippen molar-refractivity contribution in [3.8, 4) is 6.07 Å². The second-order valence-corrected chi connectivity index (χ2v) is 4.26. The molecule has 92 valence electrons. The Balaban J connectivity index is 1.80. The Bertz CT molecular complexity index is 543. The van der Waals surface area contributed by atoms with Gasteiger partial charge in [-0.15, -0.1) is 0 Å². The van der Waals surface area contributed by atoms with Crippen molar-refractivity contribution >= 4 is 17.3 Å². The second-order valence-electron chi connectivity index (χ2n) is 3.86. The number of aryl methyl sites for hydroxylation is 1. The van der Waals surface area contributed by atoms with Gasteiger partial charge in [0, 0.05) is 31.2 Å². The zero-order valence-corrected chi connectivity index (χ0v) is 10.6. The average molecular weight is 261 g/mol. The Morgan fingerprint density at radius 1 is 1.44 bits per heavy atom. The maximum Gasteiger partial charge on any atom is 0.101 e. The lowest BCUT2D eigenvalue weighted by Gasteiger charge is -2.07. The smallest absolute Gasteiger partial charge is 0.101 e. The first-order chi connectivity index (χ1) is 8.79. The lowest BCUT2D eigenvalue weighted by molar-refractivity contribution is 0.592. The van der Waals surface area contributed by atoms with E-state index in [9.17, 15) is 0 Å². The van der Waals surface area contributed by atoms with E-state index in [1.54, 1.807) is 18.3 Å². The van der Waals surface area contributed by atoms with Crippen molar-refractivity contribution < 1.29 is 0 Å². The van der Waals surface area contributed by atoms with Crippen molar-refractivity contribution in [3.05, 3.63) is 47.2 Å². The lowest BCUT2D eigenvalue weighted by Crippen LogP contribution is -2.07. The summed E-state index contributed by atoms with van der Waals surface area (Å²) in [5, 5.41) is 16.6. The maximum absolute atomic E-state index is 8.76. The molecule has 0 spiro atoms. The number of hydrogen-bond acceptors (Lipinski definition) is 3. The van der Waals surface area contributed by atoms with Crippen LogP contribution in [0.15, 0.2) is 36.7 Å². The van der Waals surface area contributed by atoms with Crippen molar-refractivity contribution in [2.24, 2.45) is 0 Å². The summed E-state index contributed by atoms with van der Waals surface area (Å²) in [6.07, 6.45) is 4.69. The van der Waals surface area contributed by atoms with E-state index in [0.29, 0.717) is 10.6 Å². The molecule has 0 bridgehead atoms. The van der Waals surface area contributed by atoms with Gasteiger partial charge in [0.15, 0.2) is 0 Å². The standard InChI is InChI=1S/C13H13ClN4/c14-13-9-12(4-3-11(13)10-15)16-5-1-7-18-8-2-6-17-18/h2-4,6,8-9,16H,1,5,7H2. The summed E-state index contributed by atoms with van der Waals surface area (Å²) in [4.78, 5) is 0. The predicted octanol–water partition coefficient (Wildman–Crippen LogP) is 2.91. The molecule has 1 N–H and O–H groups in total. The molecule has 2 aromatic rings. The zero-order chi connectivity index (χ0) is 12.8. The number of aromatic nitrogens is 2. The largest absolute Gasteiger partial charge is 0.385 e. The van der Waals surface area contributed by atoms with Crippen LogP contribution >= 0.6 is 11.6 Å². The molecule has 4 nitrogen and oxygen atoms in total. The molecule has 1 aromatic carbocycles. The van der Waals surface area contributed by atoms with E-state index in [2.05, 4.69) is 10.4 Å². The topological polar surface area (TPSA) is 53.6 Å². The van der Waals surface area contributed by atoms with E-state index in [-0.39, 0.29) is 0 Å². The quantitative estimate of drug-likeness (QED) is 0.841. The molecule has 1 aromatic heterocycles. The van der Waals surface area contributed by atoms with Gasteiger partial charge in [0.25, 0.3) is 0 Å². The van der Waals surface area contributed by atoms with Crippen molar-refractivity contribution in [2.45, 2.75) is 13.0 Å². The summed E-state index contributed by atoms with van der Waals surface area (Å²) in [5.74, 6) is 0. The normalized spacial score (nSPS) is 10.0. The van der Waals surface area contributed by atoms with Crippen molar-refractivity contribution in [2.75, 3.05) is 11.9 Å². The molecule has 5 heteroatoms. The minimum atomic E-state index is 0.481. The molecule has 0 saturated carbocycles. The Morgan fingerprint density at radius 2 is 2.33 bits per heavy atom. The third-order valence-electron chi connectivity index (χ3n) is 2.54. The molecule has 2 rings (SSSR count). The van der Waals surface area contributed by atoms with E-state index in [1.807, 2.05) is 29.1 Å². The molecular formula is C13H13ClN4. The van der Waals surface area contributed by atoms with Crippen LogP contribution in [0.1, 0.15) is 12.0 Å². The van der Waals surface area contributed by atoms with Crippen molar-refractivity contribution in [1.29, 1.82) is 5.26 Å². The van der Waals surface area contributed by atoms with Crippen molar-refractivity contribution in [3.63, 3.8) is 0 Å². The van der Waals surface area contributed by atoms with E-state index < -0.39 is 0 Å². The molecule has 0 saturated heterocycles. The highest BCUT2D eigenvalue weighted by Crippen LogP contribution is 2.19. The number of anilines is 1. The molecule has 0 unspecified atom stereocenters. The van der Waals surface area contributed by atoms with Crippen LogP contribution in [0, 0.1) is 11.3 Å². The number of rotatable bonds is 5. The molecule has 1 heterocycles. The third-order valence-corrected chi connectivity index (χ3v) is 2.85. The number of nitrogens with zero attached hydrogens (tertiary/aromatic N) is 3. The number of halogens is 1. The van der Waals surface area contributed by atoms with E-state index in [4.69, 9.17) is 16.9 Å². The fraction of sp³-hybridized carbons (Fsp3) is 0.231. The average Bonchev–Trinajstić information content (AvgIpc) is 2.88. The Morgan fingerprint density at radius 3 is 3.00 bits per heavy atom. The second kappa shape index (κ2) is 6.08.